The molecule has 0 bridgehead atoms. The molecule has 1 atom stereocenters. The summed E-state index contributed by atoms with van der Waals surface area (Å²) in [6.07, 6.45) is 1.11. The van der Waals surface area contributed by atoms with E-state index in [9.17, 15) is 0 Å². The Labute approximate surface area is 93.5 Å². The first-order valence-corrected chi connectivity index (χ1v) is 5.83. The molecule has 1 fully saturated rings. The number of likely N-dealkylation sites (N-methyl/N-ethyl adjacent to an activating group) is 1. The van der Waals surface area contributed by atoms with E-state index >= 15 is 0 Å². The van der Waals surface area contributed by atoms with Gasteiger partial charge < -0.3 is 10.2 Å². The lowest BCUT2D eigenvalue weighted by Gasteiger charge is -2.07. The van der Waals surface area contributed by atoms with Gasteiger partial charge in [-0.25, -0.2) is 4.98 Å². The van der Waals surface area contributed by atoms with Gasteiger partial charge in [0.2, 0.25) is 0 Å². The standard InChI is InChI=1S/C10H14N4S/c1-12-10-13-9(8(5-11)15-10)7-3-4-14(2)6-7/h7H,3-4,6H2,1-2H3,(H,12,13). The number of hydrogen-bond donors (Lipinski definition) is 1. The van der Waals surface area contributed by atoms with Crippen LogP contribution in [0.2, 0.25) is 0 Å². The van der Waals surface area contributed by atoms with Crippen LogP contribution in [0.3, 0.4) is 0 Å². The SMILES string of the molecule is CNc1nc(C2CCN(C)C2)c(C#N)s1. The van der Waals surface area contributed by atoms with Gasteiger partial charge in [-0.05, 0) is 20.0 Å². The summed E-state index contributed by atoms with van der Waals surface area (Å²) >= 11 is 1.45. The highest BCUT2D eigenvalue weighted by Gasteiger charge is 2.26. The highest BCUT2D eigenvalue weighted by atomic mass is 32.1. The fraction of sp³-hybridized carbons (Fsp3) is 0.600. The zero-order valence-electron chi connectivity index (χ0n) is 8.95. The lowest BCUT2D eigenvalue weighted by atomic mass is 10.0. The van der Waals surface area contributed by atoms with Crippen LogP contribution in [-0.2, 0) is 0 Å². The van der Waals surface area contributed by atoms with Crippen molar-refractivity contribution in [3.05, 3.63) is 10.6 Å². The quantitative estimate of drug-likeness (QED) is 0.823. The summed E-state index contributed by atoms with van der Waals surface area (Å²) in [4.78, 5) is 7.52. The van der Waals surface area contributed by atoms with Gasteiger partial charge in [0.25, 0.3) is 0 Å². The third-order valence-corrected chi connectivity index (χ3v) is 3.74. The Morgan fingerprint density at radius 2 is 2.47 bits per heavy atom. The van der Waals surface area contributed by atoms with E-state index in [1.807, 2.05) is 7.05 Å². The van der Waals surface area contributed by atoms with E-state index in [4.69, 9.17) is 5.26 Å². The van der Waals surface area contributed by atoms with Crippen LogP contribution in [0.4, 0.5) is 5.13 Å². The van der Waals surface area contributed by atoms with Gasteiger partial charge in [-0.3, -0.25) is 0 Å². The number of thiazole rings is 1. The molecule has 1 N–H and O–H groups in total. The molecule has 2 heterocycles. The summed E-state index contributed by atoms with van der Waals surface area (Å²) in [5, 5.41) is 12.9. The van der Waals surface area contributed by atoms with Gasteiger partial charge in [-0.2, -0.15) is 5.26 Å². The van der Waals surface area contributed by atoms with Gasteiger partial charge in [-0.1, -0.05) is 11.3 Å². The van der Waals surface area contributed by atoms with Crippen LogP contribution in [0.1, 0.15) is 22.9 Å². The average Bonchev–Trinajstić information content (AvgIpc) is 2.82. The summed E-state index contributed by atoms with van der Waals surface area (Å²) in [5.41, 5.74) is 0.983. The molecule has 1 saturated heterocycles. The zero-order chi connectivity index (χ0) is 10.8. The van der Waals surface area contributed by atoms with Crippen LogP contribution in [0.15, 0.2) is 0 Å². The normalized spacial score (nSPS) is 21.5. The summed E-state index contributed by atoms with van der Waals surface area (Å²) in [6.45, 7) is 2.11. The van der Waals surface area contributed by atoms with E-state index in [1.165, 1.54) is 11.3 Å². The maximum atomic E-state index is 9.03. The van der Waals surface area contributed by atoms with E-state index in [-0.39, 0.29) is 0 Å². The topological polar surface area (TPSA) is 52.0 Å². The van der Waals surface area contributed by atoms with Crippen LogP contribution in [0, 0.1) is 11.3 Å². The monoisotopic (exact) mass is 222 g/mol. The molecule has 0 aromatic carbocycles. The Hall–Kier alpha value is -1.12. The van der Waals surface area contributed by atoms with Crippen molar-refractivity contribution in [1.29, 1.82) is 5.26 Å². The molecule has 1 unspecified atom stereocenters. The molecule has 1 aromatic rings. The largest absolute Gasteiger partial charge is 0.365 e. The number of hydrogen-bond acceptors (Lipinski definition) is 5. The first kappa shape index (κ1) is 10.4. The van der Waals surface area contributed by atoms with E-state index in [1.54, 1.807) is 0 Å². The van der Waals surface area contributed by atoms with Crippen molar-refractivity contribution in [3.8, 4) is 6.07 Å². The molecule has 15 heavy (non-hydrogen) atoms. The summed E-state index contributed by atoms with van der Waals surface area (Å²) in [7, 11) is 3.95. The zero-order valence-corrected chi connectivity index (χ0v) is 9.77. The Bertz CT molecular complexity index is 393. The van der Waals surface area contributed by atoms with Gasteiger partial charge in [-0.15, -0.1) is 0 Å². The molecule has 0 spiro atoms. The van der Waals surface area contributed by atoms with Crippen LogP contribution < -0.4 is 5.32 Å². The predicted molar refractivity (Wildman–Crippen MR) is 61.2 cm³/mol. The van der Waals surface area contributed by atoms with E-state index < -0.39 is 0 Å². The fourth-order valence-corrected chi connectivity index (χ4v) is 2.76. The van der Waals surface area contributed by atoms with Crippen LogP contribution in [0.5, 0.6) is 0 Å². The molecule has 0 saturated carbocycles. The predicted octanol–water partition coefficient (Wildman–Crippen LogP) is 1.48. The Morgan fingerprint density at radius 3 is 3.00 bits per heavy atom. The highest BCUT2D eigenvalue weighted by molar-refractivity contribution is 7.16. The minimum Gasteiger partial charge on any atom is -0.365 e. The van der Waals surface area contributed by atoms with Crippen molar-refractivity contribution in [2.45, 2.75) is 12.3 Å². The molecule has 0 radical (unpaired) electrons. The molecule has 0 aliphatic carbocycles. The lowest BCUT2D eigenvalue weighted by Crippen LogP contribution is -2.13. The number of aromatic nitrogens is 1. The number of nitrogens with zero attached hydrogens (tertiary/aromatic N) is 3. The molecule has 2 rings (SSSR count). The fourth-order valence-electron chi connectivity index (χ4n) is 1.95. The first-order valence-electron chi connectivity index (χ1n) is 5.01. The smallest absolute Gasteiger partial charge is 0.183 e. The molecule has 1 aromatic heterocycles. The van der Waals surface area contributed by atoms with Gasteiger partial charge in [0.15, 0.2) is 5.13 Å². The van der Waals surface area contributed by atoms with Gasteiger partial charge in [0, 0.05) is 19.5 Å². The molecule has 80 valence electrons. The first-order chi connectivity index (χ1) is 7.24. The average molecular weight is 222 g/mol. The second-order valence-corrected chi connectivity index (χ2v) is 4.84. The Balaban J connectivity index is 2.27. The minimum absolute atomic E-state index is 0.433. The number of nitriles is 1. The van der Waals surface area contributed by atoms with E-state index in [0.717, 1.165) is 35.2 Å². The third kappa shape index (κ3) is 1.96. The summed E-state index contributed by atoms with van der Waals surface area (Å²) in [6, 6.07) is 2.24. The van der Waals surface area contributed by atoms with Crippen LogP contribution >= 0.6 is 11.3 Å². The van der Waals surface area contributed by atoms with Crippen molar-refractivity contribution < 1.29 is 0 Å². The van der Waals surface area contributed by atoms with Gasteiger partial charge in [0.05, 0.1) is 5.69 Å². The highest BCUT2D eigenvalue weighted by Crippen LogP contribution is 2.32. The summed E-state index contributed by atoms with van der Waals surface area (Å²) in [5.74, 6) is 0.433. The molecular formula is C10H14N4S. The van der Waals surface area contributed by atoms with Gasteiger partial charge in [0.1, 0.15) is 10.9 Å². The van der Waals surface area contributed by atoms with Crippen LogP contribution in [-0.4, -0.2) is 37.1 Å². The number of nitrogens with one attached hydrogen (secondary N) is 1. The lowest BCUT2D eigenvalue weighted by molar-refractivity contribution is 0.411. The molecule has 0 amide bonds. The molecule has 5 heteroatoms. The van der Waals surface area contributed by atoms with Gasteiger partial charge >= 0.3 is 0 Å². The van der Waals surface area contributed by atoms with Crippen molar-refractivity contribution in [2.24, 2.45) is 0 Å². The summed E-state index contributed by atoms with van der Waals surface area (Å²) < 4.78 is 0. The minimum atomic E-state index is 0.433. The second-order valence-electron chi connectivity index (χ2n) is 3.84. The number of rotatable bonds is 2. The second kappa shape index (κ2) is 4.17. The maximum Gasteiger partial charge on any atom is 0.183 e. The van der Waals surface area contributed by atoms with Crippen molar-refractivity contribution in [3.63, 3.8) is 0 Å². The molecule has 4 nitrogen and oxygen atoms in total. The third-order valence-electron chi connectivity index (χ3n) is 2.75. The molecule has 1 aliphatic heterocycles. The van der Waals surface area contributed by atoms with Crippen molar-refractivity contribution in [2.75, 3.05) is 32.5 Å². The molecule has 1 aliphatic rings. The van der Waals surface area contributed by atoms with E-state index in [0.29, 0.717) is 5.92 Å². The van der Waals surface area contributed by atoms with Crippen LogP contribution in [0.25, 0.3) is 0 Å². The van der Waals surface area contributed by atoms with E-state index in [2.05, 4.69) is 28.3 Å². The maximum absolute atomic E-state index is 9.03. The Morgan fingerprint density at radius 1 is 1.67 bits per heavy atom. The molecular weight excluding hydrogens is 208 g/mol. The van der Waals surface area contributed by atoms with Crippen molar-refractivity contribution in [1.82, 2.24) is 9.88 Å². The van der Waals surface area contributed by atoms with Crippen molar-refractivity contribution >= 4 is 16.5 Å². The Kier molecular flexibility index (Phi) is 2.89. The number of anilines is 1. The number of likely N-dealkylation sites (tertiary alicyclic amines) is 1.